The lowest BCUT2D eigenvalue weighted by atomic mass is 10.2. The number of halogens is 1. The molecule has 1 aromatic heterocycles. The quantitative estimate of drug-likeness (QED) is 0.896. The number of nitrogens with zero attached hydrogens (tertiary/aromatic N) is 1. The molecule has 0 saturated heterocycles. The van der Waals surface area contributed by atoms with Crippen LogP contribution < -0.4 is 5.32 Å². The smallest absolute Gasteiger partial charge is 0.258 e. The minimum absolute atomic E-state index is 0.252. The zero-order valence-corrected chi connectivity index (χ0v) is 11.0. The van der Waals surface area contributed by atoms with Crippen LogP contribution in [0.3, 0.4) is 0 Å². The van der Waals surface area contributed by atoms with E-state index in [1.807, 2.05) is 38.1 Å². The molecule has 0 radical (unpaired) electrons. The zero-order chi connectivity index (χ0) is 13.1. The fraction of sp³-hybridized carbons (Fsp3) is 0.143. The molecule has 1 heterocycles. The van der Waals surface area contributed by atoms with E-state index in [1.54, 1.807) is 6.07 Å². The summed E-state index contributed by atoms with van der Waals surface area (Å²) >= 11 is 6.02. The lowest BCUT2D eigenvalue weighted by molar-refractivity contribution is 0.102. The second-order valence-electron chi connectivity index (χ2n) is 4.13. The van der Waals surface area contributed by atoms with Crippen LogP contribution in [0.5, 0.6) is 0 Å². The summed E-state index contributed by atoms with van der Waals surface area (Å²) in [5, 5.41) is 3.21. The minimum Gasteiger partial charge on any atom is -0.322 e. The Morgan fingerprint density at radius 1 is 1.28 bits per heavy atom. The van der Waals surface area contributed by atoms with Gasteiger partial charge in [-0.15, -0.1) is 0 Å². The topological polar surface area (TPSA) is 42.0 Å². The number of amides is 1. The van der Waals surface area contributed by atoms with Crippen molar-refractivity contribution in [3.8, 4) is 0 Å². The number of hydrogen-bond donors (Lipinski definition) is 1. The van der Waals surface area contributed by atoms with Crippen LogP contribution in [0.2, 0.25) is 5.02 Å². The van der Waals surface area contributed by atoms with Crippen molar-refractivity contribution in [1.29, 1.82) is 0 Å². The van der Waals surface area contributed by atoms with Gasteiger partial charge in [0.15, 0.2) is 0 Å². The summed E-state index contributed by atoms with van der Waals surface area (Å²) in [4.78, 5) is 16.1. The van der Waals surface area contributed by atoms with Crippen molar-refractivity contribution in [2.24, 2.45) is 0 Å². The highest BCUT2D eigenvalue weighted by atomic mass is 35.5. The number of nitrogens with one attached hydrogen (secondary N) is 1. The van der Waals surface area contributed by atoms with Gasteiger partial charge in [-0.05, 0) is 37.6 Å². The molecule has 0 aliphatic heterocycles. The molecule has 92 valence electrons. The van der Waals surface area contributed by atoms with E-state index in [1.165, 1.54) is 6.20 Å². The van der Waals surface area contributed by atoms with Gasteiger partial charge in [0, 0.05) is 17.6 Å². The Balaban J connectivity index is 2.22. The molecule has 18 heavy (non-hydrogen) atoms. The van der Waals surface area contributed by atoms with E-state index < -0.39 is 0 Å². The summed E-state index contributed by atoms with van der Waals surface area (Å²) in [6, 6.07) is 9.26. The van der Waals surface area contributed by atoms with Crippen LogP contribution >= 0.6 is 11.6 Å². The summed E-state index contributed by atoms with van der Waals surface area (Å²) < 4.78 is 0. The number of pyridine rings is 1. The van der Waals surface area contributed by atoms with Gasteiger partial charge in [0.05, 0.1) is 10.6 Å². The third-order valence-electron chi connectivity index (χ3n) is 2.51. The van der Waals surface area contributed by atoms with Crippen molar-refractivity contribution in [3.05, 3.63) is 58.4 Å². The summed E-state index contributed by atoms with van der Waals surface area (Å²) in [7, 11) is 0. The Labute approximate surface area is 111 Å². The lowest BCUT2D eigenvalue weighted by Gasteiger charge is -2.07. The molecule has 2 aromatic rings. The van der Waals surface area contributed by atoms with Crippen LogP contribution in [0.15, 0.2) is 36.5 Å². The zero-order valence-electron chi connectivity index (χ0n) is 10.2. The van der Waals surface area contributed by atoms with Crippen LogP contribution in [-0.2, 0) is 0 Å². The van der Waals surface area contributed by atoms with E-state index in [2.05, 4.69) is 10.3 Å². The van der Waals surface area contributed by atoms with Crippen molar-refractivity contribution in [2.75, 3.05) is 5.32 Å². The van der Waals surface area contributed by atoms with E-state index in [0.717, 1.165) is 16.9 Å². The van der Waals surface area contributed by atoms with Crippen LogP contribution in [0.1, 0.15) is 21.6 Å². The summed E-state index contributed by atoms with van der Waals surface area (Å²) in [5.74, 6) is -0.252. The van der Waals surface area contributed by atoms with Crippen molar-refractivity contribution in [1.82, 2.24) is 4.98 Å². The van der Waals surface area contributed by atoms with E-state index in [4.69, 9.17) is 11.6 Å². The predicted octanol–water partition coefficient (Wildman–Crippen LogP) is 3.60. The van der Waals surface area contributed by atoms with E-state index in [-0.39, 0.29) is 5.91 Å². The Kier molecular flexibility index (Phi) is 3.63. The van der Waals surface area contributed by atoms with Crippen LogP contribution in [0.4, 0.5) is 5.69 Å². The highest BCUT2D eigenvalue weighted by Gasteiger charge is 2.11. The fourth-order valence-electron chi connectivity index (χ4n) is 1.61. The maximum absolute atomic E-state index is 12.0. The predicted molar refractivity (Wildman–Crippen MR) is 73.1 cm³/mol. The van der Waals surface area contributed by atoms with Gasteiger partial charge in [-0.2, -0.15) is 0 Å². The molecule has 0 spiro atoms. The van der Waals surface area contributed by atoms with Crippen molar-refractivity contribution in [3.63, 3.8) is 0 Å². The average molecular weight is 261 g/mol. The second kappa shape index (κ2) is 5.19. The Hall–Kier alpha value is -1.87. The molecular weight excluding hydrogens is 248 g/mol. The third kappa shape index (κ3) is 2.87. The maximum Gasteiger partial charge on any atom is 0.258 e. The first-order valence-corrected chi connectivity index (χ1v) is 5.94. The van der Waals surface area contributed by atoms with Gasteiger partial charge >= 0.3 is 0 Å². The SMILES string of the molecule is Cc1cccc(NC(=O)c2cnc(C)cc2Cl)c1. The molecule has 0 bridgehead atoms. The molecule has 0 aliphatic carbocycles. The van der Waals surface area contributed by atoms with Crippen molar-refractivity contribution in [2.45, 2.75) is 13.8 Å². The number of benzene rings is 1. The molecule has 0 atom stereocenters. The Morgan fingerprint density at radius 3 is 2.72 bits per heavy atom. The van der Waals surface area contributed by atoms with Gasteiger partial charge in [-0.1, -0.05) is 23.7 Å². The maximum atomic E-state index is 12.0. The van der Waals surface area contributed by atoms with E-state index >= 15 is 0 Å². The number of hydrogen-bond acceptors (Lipinski definition) is 2. The normalized spacial score (nSPS) is 10.2. The standard InChI is InChI=1S/C14H13ClN2O/c1-9-4-3-5-11(6-9)17-14(18)12-8-16-10(2)7-13(12)15/h3-8H,1-2H3,(H,17,18). The largest absolute Gasteiger partial charge is 0.322 e. The fourth-order valence-corrected chi connectivity index (χ4v) is 1.91. The average Bonchev–Trinajstić information content (AvgIpc) is 2.28. The monoisotopic (exact) mass is 260 g/mol. The molecule has 2 rings (SSSR count). The summed E-state index contributed by atoms with van der Waals surface area (Å²) in [5.41, 5.74) is 2.99. The molecule has 0 unspecified atom stereocenters. The lowest BCUT2D eigenvalue weighted by Crippen LogP contribution is -2.13. The Morgan fingerprint density at radius 2 is 2.06 bits per heavy atom. The second-order valence-corrected chi connectivity index (χ2v) is 4.54. The van der Waals surface area contributed by atoms with Gasteiger partial charge in [0.1, 0.15) is 0 Å². The summed E-state index contributed by atoms with van der Waals surface area (Å²) in [6.07, 6.45) is 1.49. The van der Waals surface area contributed by atoms with Crippen LogP contribution in [-0.4, -0.2) is 10.9 Å². The first-order valence-electron chi connectivity index (χ1n) is 5.56. The molecule has 0 fully saturated rings. The highest BCUT2D eigenvalue weighted by Crippen LogP contribution is 2.18. The number of anilines is 1. The van der Waals surface area contributed by atoms with E-state index in [9.17, 15) is 4.79 Å². The number of carbonyl (C=O) groups excluding carboxylic acids is 1. The molecule has 4 heteroatoms. The molecule has 1 amide bonds. The van der Waals surface area contributed by atoms with Gasteiger partial charge in [-0.3, -0.25) is 9.78 Å². The van der Waals surface area contributed by atoms with Gasteiger partial charge in [0.2, 0.25) is 0 Å². The van der Waals surface area contributed by atoms with E-state index in [0.29, 0.717) is 10.6 Å². The first kappa shape index (κ1) is 12.6. The van der Waals surface area contributed by atoms with Crippen LogP contribution in [0, 0.1) is 13.8 Å². The Bertz CT molecular complexity index is 596. The van der Waals surface area contributed by atoms with Crippen molar-refractivity contribution < 1.29 is 4.79 Å². The number of aromatic nitrogens is 1. The third-order valence-corrected chi connectivity index (χ3v) is 2.82. The number of rotatable bonds is 2. The molecule has 1 N–H and O–H groups in total. The van der Waals surface area contributed by atoms with Gasteiger partial charge in [0.25, 0.3) is 5.91 Å². The number of aryl methyl sites for hydroxylation is 2. The molecular formula is C14H13ClN2O. The molecule has 0 saturated carbocycles. The minimum atomic E-state index is -0.252. The molecule has 0 aliphatic rings. The van der Waals surface area contributed by atoms with Crippen LogP contribution in [0.25, 0.3) is 0 Å². The van der Waals surface area contributed by atoms with Gasteiger partial charge < -0.3 is 5.32 Å². The summed E-state index contributed by atoms with van der Waals surface area (Å²) in [6.45, 7) is 3.80. The molecule has 1 aromatic carbocycles. The van der Waals surface area contributed by atoms with Gasteiger partial charge in [-0.25, -0.2) is 0 Å². The first-order chi connectivity index (χ1) is 8.56. The molecule has 3 nitrogen and oxygen atoms in total. The highest BCUT2D eigenvalue weighted by molar-refractivity contribution is 6.34. The van der Waals surface area contributed by atoms with Crippen molar-refractivity contribution >= 4 is 23.2 Å². The number of carbonyl (C=O) groups is 1.